The molecule has 8 nitrogen and oxygen atoms in total. The Morgan fingerprint density at radius 3 is 2.15 bits per heavy atom. The molecule has 144 valence electrons. The summed E-state index contributed by atoms with van der Waals surface area (Å²) in [7, 11) is 4.47. The van der Waals surface area contributed by atoms with Crippen LogP contribution in [0.1, 0.15) is 5.56 Å². The number of hydrogen-bond acceptors (Lipinski definition) is 6. The number of anilines is 1. The van der Waals surface area contributed by atoms with E-state index in [1.165, 1.54) is 21.3 Å². The molecular weight excluding hydrogens is 352 g/mol. The van der Waals surface area contributed by atoms with E-state index in [0.29, 0.717) is 34.2 Å². The van der Waals surface area contributed by atoms with Gasteiger partial charge in [-0.3, -0.25) is 9.59 Å². The minimum absolute atomic E-state index is 0.0324. The van der Waals surface area contributed by atoms with Crippen LogP contribution in [0.4, 0.5) is 5.69 Å². The van der Waals surface area contributed by atoms with Crippen LogP contribution in [-0.4, -0.2) is 39.8 Å². The maximum atomic E-state index is 12.2. The Hall–Kier alpha value is -3.42. The fraction of sp³-hybridized carbons (Fsp3) is 0.263. The SMILES string of the molecule is COc1cc(NC(=O)COc2ccccc2CC(N)=O)cc(OC)c1OC. The molecule has 3 N–H and O–H groups in total. The summed E-state index contributed by atoms with van der Waals surface area (Å²) in [5, 5.41) is 2.70. The number of rotatable bonds is 9. The molecule has 0 saturated carbocycles. The van der Waals surface area contributed by atoms with Crippen molar-refractivity contribution in [3.8, 4) is 23.0 Å². The third-order valence-electron chi connectivity index (χ3n) is 3.64. The molecule has 2 amide bonds. The van der Waals surface area contributed by atoms with Crippen LogP contribution in [0.2, 0.25) is 0 Å². The molecule has 0 heterocycles. The number of ether oxygens (including phenoxy) is 4. The Balaban J connectivity index is 2.07. The zero-order valence-corrected chi connectivity index (χ0v) is 15.4. The van der Waals surface area contributed by atoms with Crippen molar-refractivity contribution in [1.82, 2.24) is 0 Å². The molecule has 0 fully saturated rings. The van der Waals surface area contributed by atoms with Crippen molar-refractivity contribution in [1.29, 1.82) is 0 Å². The number of methoxy groups -OCH3 is 3. The van der Waals surface area contributed by atoms with Gasteiger partial charge in [-0.15, -0.1) is 0 Å². The third-order valence-corrected chi connectivity index (χ3v) is 3.64. The summed E-state index contributed by atoms with van der Waals surface area (Å²) in [5.41, 5.74) is 6.30. The van der Waals surface area contributed by atoms with Gasteiger partial charge < -0.3 is 30.0 Å². The molecule has 2 aromatic rings. The van der Waals surface area contributed by atoms with Crippen molar-refractivity contribution in [2.24, 2.45) is 5.73 Å². The molecule has 0 saturated heterocycles. The lowest BCUT2D eigenvalue weighted by atomic mass is 10.1. The lowest BCUT2D eigenvalue weighted by Gasteiger charge is -2.15. The summed E-state index contributed by atoms with van der Waals surface area (Å²) in [6.45, 7) is -0.244. The smallest absolute Gasteiger partial charge is 0.262 e. The van der Waals surface area contributed by atoms with Crippen molar-refractivity contribution in [2.75, 3.05) is 33.3 Å². The van der Waals surface area contributed by atoms with E-state index in [-0.39, 0.29) is 13.0 Å². The minimum atomic E-state index is -0.479. The number of benzene rings is 2. The number of carbonyl (C=O) groups excluding carboxylic acids is 2. The molecule has 0 aliphatic rings. The highest BCUT2D eigenvalue weighted by Gasteiger charge is 2.15. The highest BCUT2D eigenvalue weighted by molar-refractivity contribution is 5.92. The lowest BCUT2D eigenvalue weighted by molar-refractivity contribution is -0.118. The van der Waals surface area contributed by atoms with Crippen LogP contribution < -0.4 is 30.0 Å². The second-order valence-corrected chi connectivity index (χ2v) is 5.50. The summed E-state index contributed by atoms with van der Waals surface area (Å²) in [4.78, 5) is 23.4. The second kappa shape index (κ2) is 9.33. The zero-order valence-electron chi connectivity index (χ0n) is 15.4. The number of hydrogen-bond donors (Lipinski definition) is 2. The van der Waals surface area contributed by atoms with Crippen LogP contribution >= 0.6 is 0 Å². The molecule has 0 aliphatic carbocycles. The molecule has 0 atom stereocenters. The first kappa shape index (κ1) is 19.9. The van der Waals surface area contributed by atoms with Crippen molar-refractivity contribution >= 4 is 17.5 Å². The monoisotopic (exact) mass is 374 g/mol. The van der Waals surface area contributed by atoms with E-state index in [0.717, 1.165) is 0 Å². The molecule has 0 bridgehead atoms. The molecule has 0 unspecified atom stereocenters. The lowest BCUT2D eigenvalue weighted by Crippen LogP contribution is -2.21. The molecule has 0 aliphatic heterocycles. The fourth-order valence-corrected chi connectivity index (χ4v) is 2.47. The van der Waals surface area contributed by atoms with E-state index in [4.69, 9.17) is 24.7 Å². The van der Waals surface area contributed by atoms with E-state index in [9.17, 15) is 9.59 Å². The van der Waals surface area contributed by atoms with Gasteiger partial charge in [-0.1, -0.05) is 18.2 Å². The number of primary amides is 1. The average molecular weight is 374 g/mol. The zero-order chi connectivity index (χ0) is 19.8. The maximum absolute atomic E-state index is 12.2. The summed E-state index contributed by atoms with van der Waals surface area (Å²) in [6.07, 6.45) is 0.0324. The van der Waals surface area contributed by atoms with Crippen LogP contribution in [0.15, 0.2) is 36.4 Å². The van der Waals surface area contributed by atoms with Gasteiger partial charge >= 0.3 is 0 Å². The van der Waals surface area contributed by atoms with Crippen LogP contribution in [-0.2, 0) is 16.0 Å². The van der Waals surface area contributed by atoms with E-state index in [2.05, 4.69) is 5.32 Å². The van der Waals surface area contributed by atoms with E-state index < -0.39 is 11.8 Å². The van der Waals surface area contributed by atoms with Gasteiger partial charge in [0.15, 0.2) is 18.1 Å². The first-order valence-electron chi connectivity index (χ1n) is 8.07. The standard InChI is InChI=1S/C19H22N2O6/c1-24-15-9-13(10-16(25-2)19(15)26-3)21-18(23)11-27-14-7-5-4-6-12(14)8-17(20)22/h4-7,9-10H,8,11H2,1-3H3,(H2,20,22)(H,21,23). The topological polar surface area (TPSA) is 109 Å². The Morgan fingerprint density at radius 2 is 1.59 bits per heavy atom. The summed E-state index contributed by atoms with van der Waals surface area (Å²) >= 11 is 0. The number of para-hydroxylation sites is 1. The van der Waals surface area contributed by atoms with Gasteiger partial charge in [0.05, 0.1) is 27.8 Å². The van der Waals surface area contributed by atoms with E-state index >= 15 is 0 Å². The van der Waals surface area contributed by atoms with E-state index in [1.54, 1.807) is 36.4 Å². The highest BCUT2D eigenvalue weighted by Crippen LogP contribution is 2.39. The van der Waals surface area contributed by atoms with Gasteiger partial charge in [0, 0.05) is 23.4 Å². The van der Waals surface area contributed by atoms with Gasteiger partial charge in [-0.25, -0.2) is 0 Å². The summed E-state index contributed by atoms with van der Waals surface area (Å²) in [5.74, 6) is 0.816. The van der Waals surface area contributed by atoms with Crippen molar-refractivity contribution < 1.29 is 28.5 Å². The molecule has 2 aromatic carbocycles. The second-order valence-electron chi connectivity index (χ2n) is 5.50. The van der Waals surface area contributed by atoms with Gasteiger partial charge in [0.1, 0.15) is 5.75 Å². The van der Waals surface area contributed by atoms with Gasteiger partial charge in [0.2, 0.25) is 11.7 Å². The van der Waals surface area contributed by atoms with Crippen molar-refractivity contribution in [2.45, 2.75) is 6.42 Å². The summed E-state index contributed by atoms with van der Waals surface area (Å²) < 4.78 is 21.3. The number of nitrogens with two attached hydrogens (primary N) is 1. The van der Waals surface area contributed by atoms with Crippen LogP contribution in [0.3, 0.4) is 0 Å². The van der Waals surface area contributed by atoms with Gasteiger partial charge in [-0.2, -0.15) is 0 Å². The molecular formula is C19H22N2O6. The predicted molar refractivity (Wildman–Crippen MR) is 99.6 cm³/mol. The Kier molecular flexibility index (Phi) is 6.87. The van der Waals surface area contributed by atoms with Crippen LogP contribution in [0.25, 0.3) is 0 Å². The van der Waals surface area contributed by atoms with Crippen LogP contribution in [0.5, 0.6) is 23.0 Å². The average Bonchev–Trinajstić information content (AvgIpc) is 2.66. The van der Waals surface area contributed by atoms with Crippen molar-refractivity contribution in [3.05, 3.63) is 42.0 Å². The molecule has 27 heavy (non-hydrogen) atoms. The Labute approximate surface area is 157 Å². The molecule has 0 spiro atoms. The largest absolute Gasteiger partial charge is 0.493 e. The quantitative estimate of drug-likeness (QED) is 0.692. The maximum Gasteiger partial charge on any atom is 0.262 e. The summed E-state index contributed by atoms with van der Waals surface area (Å²) in [6, 6.07) is 10.1. The number of carbonyl (C=O) groups is 2. The number of nitrogens with one attached hydrogen (secondary N) is 1. The Bertz CT molecular complexity index is 797. The fourth-order valence-electron chi connectivity index (χ4n) is 2.47. The third kappa shape index (κ3) is 5.27. The molecule has 0 aromatic heterocycles. The molecule has 0 radical (unpaired) electrons. The predicted octanol–water partition coefficient (Wildman–Crippen LogP) is 1.76. The molecule has 8 heteroatoms. The van der Waals surface area contributed by atoms with E-state index in [1.807, 2.05) is 0 Å². The van der Waals surface area contributed by atoms with Gasteiger partial charge in [-0.05, 0) is 6.07 Å². The highest BCUT2D eigenvalue weighted by atomic mass is 16.5. The normalized spacial score (nSPS) is 10.0. The Morgan fingerprint density at radius 1 is 0.963 bits per heavy atom. The van der Waals surface area contributed by atoms with Crippen molar-refractivity contribution in [3.63, 3.8) is 0 Å². The first-order valence-corrected chi connectivity index (χ1v) is 8.07. The van der Waals surface area contributed by atoms with Gasteiger partial charge in [0.25, 0.3) is 5.91 Å². The van der Waals surface area contributed by atoms with Crippen LogP contribution in [0, 0.1) is 0 Å². The number of amides is 2. The molecule has 2 rings (SSSR count). The first-order chi connectivity index (χ1) is 13.0. The minimum Gasteiger partial charge on any atom is -0.493 e.